The summed E-state index contributed by atoms with van der Waals surface area (Å²) >= 11 is 1.71. The van der Waals surface area contributed by atoms with Crippen molar-refractivity contribution in [3.63, 3.8) is 0 Å². The first kappa shape index (κ1) is 20.5. The molecule has 0 radical (unpaired) electrons. The molecule has 0 unspecified atom stereocenters. The average molecular weight is 444 g/mol. The number of nitrogens with one attached hydrogen (secondary N) is 1. The molecule has 32 heavy (non-hydrogen) atoms. The van der Waals surface area contributed by atoms with Gasteiger partial charge in [0.25, 0.3) is 5.91 Å². The van der Waals surface area contributed by atoms with Gasteiger partial charge < -0.3 is 14.6 Å². The number of hydrogen-bond acceptors (Lipinski definition) is 5. The number of aryl methyl sites for hydroxylation is 1. The van der Waals surface area contributed by atoms with Gasteiger partial charge in [-0.2, -0.15) is 0 Å². The number of amides is 1. The fourth-order valence-electron chi connectivity index (χ4n) is 4.07. The lowest BCUT2D eigenvalue weighted by molar-refractivity contribution is 0.0954. The van der Waals surface area contributed by atoms with E-state index < -0.39 is 0 Å². The zero-order chi connectivity index (χ0) is 21.9. The molecule has 0 fully saturated rings. The number of anilines is 1. The standard InChI is InChI=1S/C26H25N3O2S/c1-18-23(17-29-15-13-19-5-2-3-7-24(19)29)28-26(31-18)21-10-8-20(9-11-21)25(30)27-14-12-22-6-4-16-32-22/h2-11,16H,12-15,17H2,1H3,(H,27,30). The summed E-state index contributed by atoms with van der Waals surface area (Å²) < 4.78 is 5.97. The second-order valence-electron chi connectivity index (χ2n) is 7.98. The maximum atomic E-state index is 12.4. The van der Waals surface area contributed by atoms with Gasteiger partial charge in [-0.25, -0.2) is 4.98 Å². The third-order valence-corrected chi connectivity index (χ3v) is 6.78. The van der Waals surface area contributed by atoms with Gasteiger partial charge in [0.05, 0.1) is 6.54 Å². The van der Waals surface area contributed by atoms with Gasteiger partial charge in [0.15, 0.2) is 0 Å². The van der Waals surface area contributed by atoms with Gasteiger partial charge in [0.2, 0.25) is 5.89 Å². The van der Waals surface area contributed by atoms with Crippen LogP contribution in [0.1, 0.15) is 32.3 Å². The van der Waals surface area contributed by atoms with Crippen LogP contribution in [0, 0.1) is 6.92 Å². The molecule has 0 saturated carbocycles. The summed E-state index contributed by atoms with van der Waals surface area (Å²) in [4.78, 5) is 20.8. The van der Waals surface area contributed by atoms with E-state index in [9.17, 15) is 4.79 Å². The topological polar surface area (TPSA) is 58.4 Å². The Bertz CT molecular complexity index is 1210. The van der Waals surface area contributed by atoms with Crippen LogP contribution in [0.15, 0.2) is 70.5 Å². The summed E-state index contributed by atoms with van der Waals surface area (Å²) in [6.45, 7) is 4.32. The normalized spacial score (nSPS) is 12.7. The fourth-order valence-corrected chi connectivity index (χ4v) is 4.78. The van der Waals surface area contributed by atoms with E-state index in [1.54, 1.807) is 11.3 Å². The van der Waals surface area contributed by atoms with E-state index in [-0.39, 0.29) is 5.91 Å². The van der Waals surface area contributed by atoms with E-state index >= 15 is 0 Å². The Labute approximate surface area is 191 Å². The Kier molecular flexibility index (Phi) is 5.77. The van der Waals surface area contributed by atoms with Crippen molar-refractivity contribution >= 4 is 22.9 Å². The molecule has 3 heterocycles. The summed E-state index contributed by atoms with van der Waals surface area (Å²) in [5, 5.41) is 5.03. The average Bonchev–Trinajstić information content (AvgIpc) is 3.56. The molecule has 1 N–H and O–H groups in total. The van der Waals surface area contributed by atoms with E-state index in [4.69, 9.17) is 9.40 Å². The number of aromatic nitrogens is 1. The third-order valence-electron chi connectivity index (χ3n) is 5.85. The molecular formula is C26H25N3O2S. The first-order chi connectivity index (χ1) is 15.7. The fraction of sp³-hybridized carbons (Fsp3) is 0.231. The largest absolute Gasteiger partial charge is 0.441 e. The SMILES string of the molecule is Cc1oc(-c2ccc(C(=O)NCCc3cccs3)cc2)nc1CN1CCc2ccccc21. The van der Waals surface area contributed by atoms with E-state index in [0.717, 1.165) is 42.9 Å². The molecule has 5 nitrogen and oxygen atoms in total. The minimum Gasteiger partial charge on any atom is -0.441 e. The highest BCUT2D eigenvalue weighted by atomic mass is 32.1. The van der Waals surface area contributed by atoms with Crippen LogP contribution in [-0.2, 0) is 19.4 Å². The lowest BCUT2D eigenvalue weighted by Crippen LogP contribution is -2.25. The number of oxazole rings is 1. The predicted molar refractivity (Wildman–Crippen MR) is 128 cm³/mol. The van der Waals surface area contributed by atoms with Crippen molar-refractivity contribution in [2.24, 2.45) is 0 Å². The van der Waals surface area contributed by atoms with Crippen LogP contribution in [-0.4, -0.2) is 24.0 Å². The van der Waals surface area contributed by atoms with Crippen molar-refractivity contribution in [3.8, 4) is 11.5 Å². The molecule has 5 rings (SSSR count). The van der Waals surface area contributed by atoms with Crippen molar-refractivity contribution in [1.82, 2.24) is 10.3 Å². The molecule has 162 valence electrons. The van der Waals surface area contributed by atoms with E-state index in [2.05, 4.69) is 45.9 Å². The number of nitrogens with zero attached hydrogens (tertiary/aromatic N) is 2. The molecule has 0 aliphatic carbocycles. The van der Waals surface area contributed by atoms with Crippen LogP contribution in [0.2, 0.25) is 0 Å². The first-order valence-corrected chi connectivity index (χ1v) is 11.8. The Hall–Kier alpha value is -3.38. The lowest BCUT2D eigenvalue weighted by Gasteiger charge is -2.17. The number of rotatable bonds is 7. The monoisotopic (exact) mass is 443 g/mol. The summed E-state index contributed by atoms with van der Waals surface area (Å²) in [5.41, 5.74) is 5.13. The molecule has 4 aromatic rings. The molecule has 0 saturated heterocycles. The van der Waals surface area contributed by atoms with Crippen molar-refractivity contribution in [2.75, 3.05) is 18.0 Å². The van der Waals surface area contributed by atoms with Crippen molar-refractivity contribution in [1.29, 1.82) is 0 Å². The molecule has 0 bridgehead atoms. The maximum Gasteiger partial charge on any atom is 0.251 e. The van der Waals surface area contributed by atoms with Gasteiger partial charge in [0, 0.05) is 34.8 Å². The molecule has 0 atom stereocenters. The lowest BCUT2D eigenvalue weighted by atomic mass is 10.1. The van der Waals surface area contributed by atoms with Gasteiger partial charge in [-0.1, -0.05) is 24.3 Å². The summed E-state index contributed by atoms with van der Waals surface area (Å²) in [6, 6.07) is 20.1. The smallest absolute Gasteiger partial charge is 0.251 e. The van der Waals surface area contributed by atoms with Crippen LogP contribution < -0.4 is 10.2 Å². The molecule has 0 spiro atoms. The van der Waals surface area contributed by atoms with Gasteiger partial charge in [-0.05, 0) is 67.1 Å². The molecule has 1 amide bonds. The molecule has 2 aromatic carbocycles. The number of para-hydroxylation sites is 1. The van der Waals surface area contributed by atoms with Gasteiger partial charge in [0.1, 0.15) is 11.5 Å². The molecule has 6 heteroatoms. The first-order valence-electron chi connectivity index (χ1n) is 10.9. The molecule has 2 aromatic heterocycles. The number of carbonyl (C=O) groups excluding carboxylic acids is 1. The Morgan fingerprint density at radius 1 is 1.12 bits per heavy atom. The van der Waals surface area contributed by atoms with Crippen molar-refractivity contribution in [3.05, 3.63) is 93.5 Å². The van der Waals surface area contributed by atoms with E-state index in [1.807, 2.05) is 37.3 Å². The van der Waals surface area contributed by atoms with Gasteiger partial charge in [-0.3, -0.25) is 4.79 Å². The predicted octanol–water partition coefficient (Wildman–Crippen LogP) is 5.25. The van der Waals surface area contributed by atoms with Crippen LogP contribution in [0.5, 0.6) is 0 Å². The zero-order valence-electron chi connectivity index (χ0n) is 18.0. The minimum absolute atomic E-state index is 0.0647. The van der Waals surface area contributed by atoms with Gasteiger partial charge >= 0.3 is 0 Å². The van der Waals surface area contributed by atoms with Crippen LogP contribution >= 0.6 is 11.3 Å². The molecule has 1 aliphatic heterocycles. The Morgan fingerprint density at radius 2 is 1.97 bits per heavy atom. The minimum atomic E-state index is -0.0647. The van der Waals surface area contributed by atoms with Crippen LogP contribution in [0.3, 0.4) is 0 Å². The van der Waals surface area contributed by atoms with Crippen molar-refractivity contribution in [2.45, 2.75) is 26.3 Å². The number of carbonyl (C=O) groups is 1. The zero-order valence-corrected chi connectivity index (χ0v) is 18.8. The Balaban J connectivity index is 1.23. The van der Waals surface area contributed by atoms with Crippen LogP contribution in [0.25, 0.3) is 11.5 Å². The molecular weight excluding hydrogens is 418 g/mol. The second kappa shape index (κ2) is 9.01. The number of thiophene rings is 1. The number of fused-ring (bicyclic) bond motifs is 1. The second-order valence-corrected chi connectivity index (χ2v) is 9.02. The quantitative estimate of drug-likeness (QED) is 0.424. The number of hydrogen-bond donors (Lipinski definition) is 1. The maximum absolute atomic E-state index is 12.4. The Morgan fingerprint density at radius 3 is 2.78 bits per heavy atom. The van der Waals surface area contributed by atoms with E-state index in [1.165, 1.54) is 16.1 Å². The van der Waals surface area contributed by atoms with Crippen LogP contribution in [0.4, 0.5) is 5.69 Å². The highest BCUT2D eigenvalue weighted by molar-refractivity contribution is 7.09. The summed E-state index contributed by atoms with van der Waals surface area (Å²) in [6.07, 6.45) is 1.91. The highest BCUT2D eigenvalue weighted by Crippen LogP contribution is 2.30. The summed E-state index contributed by atoms with van der Waals surface area (Å²) in [5.74, 6) is 1.36. The molecule has 1 aliphatic rings. The number of benzene rings is 2. The highest BCUT2D eigenvalue weighted by Gasteiger charge is 2.21. The van der Waals surface area contributed by atoms with Crippen molar-refractivity contribution < 1.29 is 9.21 Å². The van der Waals surface area contributed by atoms with Gasteiger partial charge in [-0.15, -0.1) is 11.3 Å². The third kappa shape index (κ3) is 4.32. The summed E-state index contributed by atoms with van der Waals surface area (Å²) in [7, 11) is 0. The van der Waals surface area contributed by atoms with E-state index in [0.29, 0.717) is 18.0 Å².